The minimum absolute atomic E-state index is 0.168. The van der Waals surface area contributed by atoms with Gasteiger partial charge in [0.1, 0.15) is 0 Å². The van der Waals surface area contributed by atoms with Gasteiger partial charge in [-0.3, -0.25) is 9.59 Å². The topological polar surface area (TPSA) is 76.7 Å². The van der Waals surface area contributed by atoms with Crippen molar-refractivity contribution in [3.05, 3.63) is 52.5 Å². The van der Waals surface area contributed by atoms with E-state index in [9.17, 15) is 9.59 Å². The van der Waals surface area contributed by atoms with Gasteiger partial charge in [-0.25, -0.2) is 0 Å². The maximum atomic E-state index is 12.2. The fraction of sp³-hybridized carbons (Fsp3) is 0.222. The normalized spacial score (nSPS) is 10.1. The van der Waals surface area contributed by atoms with Crippen LogP contribution in [0.3, 0.4) is 0 Å². The molecule has 0 aliphatic rings. The Morgan fingerprint density at radius 1 is 1.08 bits per heavy atom. The lowest BCUT2D eigenvalue weighted by molar-refractivity contribution is -0.115. The second-order valence-electron chi connectivity index (χ2n) is 5.21. The fourth-order valence-electron chi connectivity index (χ4n) is 2.18. The minimum atomic E-state index is -0.390. The smallest absolute Gasteiger partial charge is 0.251 e. The maximum Gasteiger partial charge on any atom is 0.251 e. The van der Waals surface area contributed by atoms with E-state index in [1.54, 1.807) is 43.3 Å². The zero-order valence-electron chi connectivity index (χ0n) is 14.2. The third-order valence-corrected chi connectivity index (χ3v) is 4.01. The maximum absolute atomic E-state index is 12.2. The Morgan fingerprint density at radius 2 is 1.80 bits per heavy atom. The largest absolute Gasteiger partial charge is 0.493 e. The summed E-state index contributed by atoms with van der Waals surface area (Å²) in [4.78, 5) is 24.2. The standard InChI is InChI=1S/C18H19ClN2O4/c1-11-13(19)5-4-6-14(11)21-17(22)10-20-18(23)12-7-8-15(24-2)16(9-12)25-3/h4-9H,10H2,1-3H3,(H,20,23)(H,21,22). The molecular weight excluding hydrogens is 344 g/mol. The molecule has 0 aromatic heterocycles. The highest BCUT2D eigenvalue weighted by molar-refractivity contribution is 6.31. The molecule has 0 fully saturated rings. The van der Waals surface area contributed by atoms with E-state index < -0.39 is 0 Å². The second kappa shape index (κ2) is 8.39. The summed E-state index contributed by atoms with van der Waals surface area (Å²) in [7, 11) is 3.00. The molecule has 0 spiro atoms. The van der Waals surface area contributed by atoms with Crippen LogP contribution in [0.1, 0.15) is 15.9 Å². The number of anilines is 1. The van der Waals surface area contributed by atoms with Crippen LogP contribution in [0, 0.1) is 6.92 Å². The molecule has 6 nitrogen and oxygen atoms in total. The van der Waals surface area contributed by atoms with E-state index >= 15 is 0 Å². The third kappa shape index (κ3) is 4.64. The molecule has 0 unspecified atom stereocenters. The van der Waals surface area contributed by atoms with Crippen LogP contribution in [-0.4, -0.2) is 32.6 Å². The number of methoxy groups -OCH3 is 2. The number of hydrogen-bond donors (Lipinski definition) is 2. The first-order valence-corrected chi connectivity index (χ1v) is 7.89. The molecule has 0 saturated carbocycles. The van der Waals surface area contributed by atoms with Gasteiger partial charge in [-0.1, -0.05) is 17.7 Å². The van der Waals surface area contributed by atoms with Crippen molar-refractivity contribution in [3.8, 4) is 11.5 Å². The summed E-state index contributed by atoms with van der Waals surface area (Å²) in [5, 5.41) is 5.84. The predicted octanol–water partition coefficient (Wildman–Crippen LogP) is 3.03. The summed E-state index contributed by atoms with van der Waals surface area (Å²) in [6.45, 7) is 1.64. The first kappa shape index (κ1) is 18.6. The monoisotopic (exact) mass is 362 g/mol. The van der Waals surface area contributed by atoms with Crippen molar-refractivity contribution in [1.29, 1.82) is 0 Å². The Hall–Kier alpha value is -2.73. The molecule has 2 rings (SSSR count). The van der Waals surface area contributed by atoms with Gasteiger partial charge in [0.15, 0.2) is 11.5 Å². The number of benzene rings is 2. The lowest BCUT2D eigenvalue weighted by Gasteiger charge is -2.11. The van der Waals surface area contributed by atoms with Gasteiger partial charge in [0.25, 0.3) is 5.91 Å². The van der Waals surface area contributed by atoms with Crippen molar-refractivity contribution in [2.75, 3.05) is 26.1 Å². The molecule has 2 aromatic rings. The number of nitrogens with one attached hydrogen (secondary N) is 2. The fourth-order valence-corrected chi connectivity index (χ4v) is 2.35. The highest BCUT2D eigenvalue weighted by Crippen LogP contribution is 2.27. The van der Waals surface area contributed by atoms with Gasteiger partial charge >= 0.3 is 0 Å². The summed E-state index contributed by atoms with van der Waals surface area (Å²) < 4.78 is 10.3. The second-order valence-corrected chi connectivity index (χ2v) is 5.62. The molecule has 2 N–H and O–H groups in total. The summed E-state index contributed by atoms with van der Waals surface area (Å²) in [6.07, 6.45) is 0. The zero-order chi connectivity index (χ0) is 18.4. The van der Waals surface area contributed by atoms with Crippen molar-refractivity contribution in [2.24, 2.45) is 0 Å². The van der Waals surface area contributed by atoms with E-state index in [4.69, 9.17) is 21.1 Å². The van der Waals surface area contributed by atoms with Gasteiger partial charge in [0.05, 0.1) is 20.8 Å². The van der Waals surface area contributed by atoms with Crippen LogP contribution < -0.4 is 20.1 Å². The van der Waals surface area contributed by atoms with Crippen LogP contribution in [0.15, 0.2) is 36.4 Å². The van der Waals surface area contributed by atoms with Crippen molar-refractivity contribution >= 4 is 29.1 Å². The van der Waals surface area contributed by atoms with E-state index in [0.29, 0.717) is 27.8 Å². The Bertz CT molecular complexity index is 793. The van der Waals surface area contributed by atoms with Crippen molar-refractivity contribution in [2.45, 2.75) is 6.92 Å². The molecule has 25 heavy (non-hydrogen) atoms. The van der Waals surface area contributed by atoms with Crippen molar-refractivity contribution in [3.63, 3.8) is 0 Å². The average molecular weight is 363 g/mol. The van der Waals surface area contributed by atoms with E-state index in [-0.39, 0.29) is 18.4 Å². The molecule has 0 bridgehead atoms. The van der Waals surface area contributed by atoms with E-state index in [0.717, 1.165) is 5.56 Å². The highest BCUT2D eigenvalue weighted by atomic mass is 35.5. The molecule has 0 aliphatic heterocycles. The quantitative estimate of drug-likeness (QED) is 0.828. The van der Waals surface area contributed by atoms with E-state index in [1.165, 1.54) is 14.2 Å². The predicted molar refractivity (Wildman–Crippen MR) is 96.7 cm³/mol. The molecule has 0 atom stereocenters. The van der Waals surface area contributed by atoms with Gasteiger partial charge in [-0.05, 0) is 42.8 Å². The van der Waals surface area contributed by atoms with Crippen LogP contribution in [0.25, 0.3) is 0 Å². The van der Waals surface area contributed by atoms with Crippen LogP contribution in [-0.2, 0) is 4.79 Å². The summed E-state index contributed by atoms with van der Waals surface area (Å²) in [5.74, 6) is 0.223. The number of ether oxygens (including phenoxy) is 2. The highest BCUT2D eigenvalue weighted by Gasteiger charge is 2.12. The van der Waals surface area contributed by atoms with Gasteiger partial charge in [-0.15, -0.1) is 0 Å². The van der Waals surface area contributed by atoms with Gasteiger partial charge in [0, 0.05) is 16.3 Å². The van der Waals surface area contributed by atoms with Crippen molar-refractivity contribution < 1.29 is 19.1 Å². The molecule has 2 amide bonds. The Morgan fingerprint density at radius 3 is 2.48 bits per heavy atom. The van der Waals surface area contributed by atoms with Crippen LogP contribution >= 0.6 is 11.6 Å². The van der Waals surface area contributed by atoms with Crippen LogP contribution in [0.4, 0.5) is 5.69 Å². The van der Waals surface area contributed by atoms with E-state index in [2.05, 4.69) is 10.6 Å². The lowest BCUT2D eigenvalue weighted by Crippen LogP contribution is -2.33. The van der Waals surface area contributed by atoms with Gasteiger partial charge < -0.3 is 20.1 Å². The lowest BCUT2D eigenvalue weighted by atomic mass is 10.2. The van der Waals surface area contributed by atoms with Crippen LogP contribution in [0.2, 0.25) is 5.02 Å². The number of hydrogen-bond acceptors (Lipinski definition) is 4. The third-order valence-electron chi connectivity index (χ3n) is 3.60. The molecule has 132 valence electrons. The first-order chi connectivity index (χ1) is 12.0. The Kier molecular flexibility index (Phi) is 6.25. The molecule has 0 radical (unpaired) electrons. The molecule has 0 saturated heterocycles. The Balaban J connectivity index is 1.97. The Labute approximate surface area is 151 Å². The molecule has 7 heteroatoms. The summed E-state index contributed by atoms with van der Waals surface area (Å²) >= 11 is 6.01. The SMILES string of the molecule is COc1ccc(C(=O)NCC(=O)Nc2cccc(Cl)c2C)cc1OC. The molecular formula is C18H19ClN2O4. The van der Waals surface area contributed by atoms with E-state index in [1.807, 2.05) is 0 Å². The van der Waals surface area contributed by atoms with Gasteiger partial charge in [-0.2, -0.15) is 0 Å². The number of halogens is 1. The van der Waals surface area contributed by atoms with Gasteiger partial charge in [0.2, 0.25) is 5.91 Å². The number of carbonyl (C=O) groups excluding carboxylic acids is 2. The summed E-state index contributed by atoms with van der Waals surface area (Å²) in [5.41, 5.74) is 1.74. The van der Waals surface area contributed by atoms with Crippen LogP contribution in [0.5, 0.6) is 11.5 Å². The number of amides is 2. The minimum Gasteiger partial charge on any atom is -0.493 e. The molecule has 0 aliphatic carbocycles. The first-order valence-electron chi connectivity index (χ1n) is 7.51. The molecule has 2 aromatic carbocycles. The zero-order valence-corrected chi connectivity index (χ0v) is 14.9. The average Bonchev–Trinajstić information content (AvgIpc) is 2.62. The number of carbonyl (C=O) groups is 2. The van der Waals surface area contributed by atoms with Crippen molar-refractivity contribution in [1.82, 2.24) is 5.32 Å². The summed E-state index contributed by atoms with van der Waals surface area (Å²) in [6, 6.07) is 10.00. The number of rotatable bonds is 6. The molecule has 0 heterocycles.